The summed E-state index contributed by atoms with van der Waals surface area (Å²) < 4.78 is 21.2. The Morgan fingerprint density at radius 3 is 1.02 bits per heavy atom. The molecule has 57 heavy (non-hydrogen) atoms. The molecule has 0 bridgehead atoms. The number of carbonyl (C=O) groups excluding carboxylic acids is 7. The zero-order valence-electron chi connectivity index (χ0n) is 36.2. The van der Waals surface area contributed by atoms with Gasteiger partial charge in [0.15, 0.2) is 0 Å². The summed E-state index contributed by atoms with van der Waals surface area (Å²) in [4.78, 5) is 89.6. The molecule has 0 aliphatic carbocycles. The molecule has 0 fully saturated rings. The zero-order valence-corrected chi connectivity index (χ0v) is 37.0. The Morgan fingerprint density at radius 1 is 0.404 bits per heavy atom. The quantitative estimate of drug-likeness (QED) is 0.0463. The summed E-state index contributed by atoms with van der Waals surface area (Å²) in [7, 11) is 0. The summed E-state index contributed by atoms with van der Waals surface area (Å²) in [6.07, 6.45) is -1.11. The van der Waals surface area contributed by atoms with Crippen molar-refractivity contribution in [1.82, 2.24) is 37.2 Å². The Kier molecular flexibility index (Phi) is 23.4. The molecule has 0 aliphatic rings. The molecule has 0 rings (SSSR count). The first kappa shape index (κ1) is 52.8. The van der Waals surface area contributed by atoms with Crippen molar-refractivity contribution >= 4 is 54.7 Å². The van der Waals surface area contributed by atoms with Crippen LogP contribution in [0.25, 0.3) is 0 Å². The van der Waals surface area contributed by atoms with Crippen molar-refractivity contribution < 1.29 is 52.5 Å². The molecule has 0 aromatic heterocycles. The Labute approximate surface area is 344 Å². The van der Waals surface area contributed by atoms with Crippen LogP contribution in [0, 0.1) is 0 Å². The van der Waals surface area contributed by atoms with E-state index in [1.54, 1.807) is 83.1 Å². The predicted molar refractivity (Wildman–Crippen MR) is 219 cm³/mol. The van der Waals surface area contributed by atoms with Crippen molar-refractivity contribution in [1.29, 1.82) is 0 Å². The maximum absolute atomic E-state index is 13.6. The number of nitrogens with one attached hydrogen (secondary N) is 7. The number of hydrogen-bond donors (Lipinski definition) is 8. The molecule has 0 aromatic carbocycles. The van der Waals surface area contributed by atoms with Crippen LogP contribution in [-0.4, -0.2) is 115 Å². The van der Waals surface area contributed by atoms with E-state index in [9.17, 15) is 33.6 Å². The molecule has 0 aromatic rings. The fourth-order valence-corrected chi connectivity index (χ4v) is 4.81. The first-order chi connectivity index (χ1) is 26.1. The van der Waals surface area contributed by atoms with Crippen molar-refractivity contribution in [3.8, 4) is 0 Å². The van der Waals surface area contributed by atoms with Crippen LogP contribution in [0.4, 0.5) is 19.2 Å². The molecule has 0 radical (unpaired) electrons. The highest BCUT2D eigenvalue weighted by molar-refractivity contribution is 7.80. The van der Waals surface area contributed by atoms with Crippen LogP contribution in [0.3, 0.4) is 0 Å². The first-order valence-electron chi connectivity index (χ1n) is 19.5. The van der Waals surface area contributed by atoms with Crippen molar-refractivity contribution in [2.45, 2.75) is 169 Å². The minimum atomic E-state index is -1.13. The average Bonchev–Trinajstić information content (AvgIpc) is 3.01. The fraction of sp³-hybridized carbons (Fsp3) is 0.816. The molecule has 18 nitrogen and oxygen atoms in total. The molecule has 0 heterocycles. The van der Waals surface area contributed by atoms with Gasteiger partial charge in [-0.15, -0.1) is 0 Å². The molecule has 0 unspecified atom stereocenters. The third-order valence-electron chi connectivity index (χ3n) is 6.93. The second kappa shape index (κ2) is 25.3. The largest absolute Gasteiger partial charge is 0.444 e. The molecule has 7 N–H and O–H groups in total. The van der Waals surface area contributed by atoms with Gasteiger partial charge in [0.05, 0.1) is 0 Å². The number of amides is 7. The second-order valence-electron chi connectivity index (χ2n) is 17.4. The lowest BCUT2D eigenvalue weighted by atomic mass is 10.1. The highest BCUT2D eigenvalue weighted by Crippen LogP contribution is 2.11. The van der Waals surface area contributed by atoms with Crippen LogP contribution in [0.1, 0.15) is 128 Å². The van der Waals surface area contributed by atoms with Gasteiger partial charge in [0.1, 0.15) is 40.5 Å². The summed E-state index contributed by atoms with van der Waals surface area (Å²) in [5.41, 5.74) is -3.03. The summed E-state index contributed by atoms with van der Waals surface area (Å²) in [5.74, 6) is -1.12. The van der Waals surface area contributed by atoms with Crippen molar-refractivity contribution in [3.63, 3.8) is 0 Å². The minimum absolute atomic E-state index is 0.0771. The zero-order chi connectivity index (χ0) is 44.0. The van der Waals surface area contributed by atoms with Crippen molar-refractivity contribution in [3.05, 3.63) is 0 Å². The highest BCUT2D eigenvalue weighted by Gasteiger charge is 2.29. The predicted octanol–water partition coefficient (Wildman–Crippen LogP) is 4.20. The summed E-state index contributed by atoms with van der Waals surface area (Å²) in [6, 6.07) is -3.19. The van der Waals surface area contributed by atoms with Gasteiger partial charge < -0.3 is 56.2 Å². The Balaban J connectivity index is 5.74. The number of hydrogen-bond acceptors (Lipinski definition) is 12. The maximum atomic E-state index is 13.6. The van der Waals surface area contributed by atoms with E-state index in [0.717, 1.165) is 0 Å². The standard InChI is InChI=1S/C38H71N7O11S/c1-35(2,3)53-31(49)41-21-14-18-26(44-33(51)55-37(7,8)9)29(47)39-20-13-17-25(28(46)40-23-16-24-57)43-30(48)27(45-34(52)56-38(10,11)12)19-15-22-42-32(50)54-36(4,5)6/h25-27,57H,13-24H2,1-12H3,(H,39,47)(H,40,46)(H,41,49)(H,42,50)(H,43,48)(H,44,51)(H,45,52)/t25-,26-,27-/m0/s1. The van der Waals surface area contributed by atoms with Gasteiger partial charge in [-0.2, -0.15) is 12.6 Å². The SMILES string of the molecule is CC(C)(C)OC(=O)NCCC[C@H](NC(=O)OC(C)(C)C)C(=O)NCCC[C@H](NC(=O)[C@H](CCCNC(=O)OC(C)(C)C)NC(=O)OC(C)(C)C)C(=O)NCCCS. The average molecular weight is 834 g/mol. The van der Waals surface area contributed by atoms with E-state index in [4.69, 9.17) is 18.9 Å². The molecular formula is C38H71N7O11S. The minimum Gasteiger partial charge on any atom is -0.444 e. The van der Waals surface area contributed by atoms with Crippen LogP contribution in [-0.2, 0) is 33.3 Å². The summed E-state index contributed by atoms with van der Waals surface area (Å²) in [6.45, 7) is 21.2. The van der Waals surface area contributed by atoms with Gasteiger partial charge in [0.2, 0.25) is 17.7 Å². The summed E-state index contributed by atoms with van der Waals surface area (Å²) >= 11 is 4.18. The van der Waals surface area contributed by atoms with E-state index in [2.05, 4.69) is 49.8 Å². The van der Waals surface area contributed by atoms with Crippen molar-refractivity contribution in [2.75, 3.05) is 31.9 Å². The number of thiol groups is 1. The Hall–Kier alpha value is -4.16. The van der Waals surface area contributed by atoms with Crippen LogP contribution in [0.15, 0.2) is 0 Å². The van der Waals surface area contributed by atoms with E-state index in [1.165, 1.54) is 0 Å². The van der Waals surface area contributed by atoms with Gasteiger partial charge in [-0.25, -0.2) is 19.2 Å². The molecular weight excluding hydrogens is 763 g/mol. The molecule has 7 amide bonds. The highest BCUT2D eigenvalue weighted by atomic mass is 32.1. The van der Waals surface area contributed by atoms with E-state index in [-0.39, 0.29) is 51.7 Å². The third kappa shape index (κ3) is 29.7. The molecule has 0 aliphatic heterocycles. The number of ether oxygens (including phenoxy) is 4. The van der Waals surface area contributed by atoms with Crippen LogP contribution < -0.4 is 37.2 Å². The van der Waals surface area contributed by atoms with E-state index < -0.39 is 82.6 Å². The lowest BCUT2D eigenvalue weighted by Gasteiger charge is -2.26. The summed E-state index contributed by atoms with van der Waals surface area (Å²) in [5, 5.41) is 18.7. The topological polar surface area (TPSA) is 241 Å². The molecule has 0 saturated heterocycles. The van der Waals surface area contributed by atoms with E-state index in [0.29, 0.717) is 25.1 Å². The molecule has 3 atom stereocenters. The van der Waals surface area contributed by atoms with Crippen molar-refractivity contribution in [2.24, 2.45) is 0 Å². The second-order valence-corrected chi connectivity index (χ2v) is 17.8. The Morgan fingerprint density at radius 2 is 0.684 bits per heavy atom. The molecule has 330 valence electrons. The Bertz CT molecular complexity index is 1310. The maximum Gasteiger partial charge on any atom is 0.408 e. The lowest BCUT2D eigenvalue weighted by Crippen LogP contribution is -2.54. The van der Waals surface area contributed by atoms with Gasteiger partial charge >= 0.3 is 24.4 Å². The number of carbonyl (C=O) groups is 7. The van der Waals surface area contributed by atoms with Gasteiger partial charge in [0.25, 0.3) is 0 Å². The lowest BCUT2D eigenvalue weighted by molar-refractivity contribution is -0.130. The van der Waals surface area contributed by atoms with Crippen LogP contribution in [0.5, 0.6) is 0 Å². The van der Waals surface area contributed by atoms with Crippen LogP contribution >= 0.6 is 12.6 Å². The first-order valence-corrected chi connectivity index (χ1v) is 20.1. The van der Waals surface area contributed by atoms with Gasteiger partial charge in [-0.05, 0) is 134 Å². The van der Waals surface area contributed by atoms with Gasteiger partial charge in [-0.3, -0.25) is 14.4 Å². The van der Waals surface area contributed by atoms with E-state index in [1.807, 2.05) is 0 Å². The van der Waals surface area contributed by atoms with Gasteiger partial charge in [0, 0.05) is 26.2 Å². The number of rotatable bonds is 21. The normalized spacial score (nSPS) is 13.4. The van der Waals surface area contributed by atoms with E-state index >= 15 is 0 Å². The smallest absolute Gasteiger partial charge is 0.408 e. The molecule has 0 spiro atoms. The number of alkyl carbamates (subject to hydrolysis) is 4. The molecule has 0 saturated carbocycles. The third-order valence-corrected chi connectivity index (χ3v) is 7.24. The fourth-order valence-electron chi connectivity index (χ4n) is 4.65. The van der Waals surface area contributed by atoms with Crippen LogP contribution in [0.2, 0.25) is 0 Å². The molecule has 19 heteroatoms. The monoisotopic (exact) mass is 833 g/mol. The van der Waals surface area contributed by atoms with Gasteiger partial charge in [-0.1, -0.05) is 0 Å².